The molecular weight excluding hydrogens is 288 g/mol. The number of hydrazine groups is 1. The summed E-state index contributed by atoms with van der Waals surface area (Å²) in [5.41, 5.74) is 4.02. The molecule has 7 heteroatoms. The van der Waals surface area contributed by atoms with E-state index in [-0.39, 0.29) is 10.7 Å². The van der Waals surface area contributed by atoms with E-state index in [1.165, 1.54) is 23.9 Å². The summed E-state index contributed by atoms with van der Waals surface area (Å²) >= 11 is 0. The summed E-state index contributed by atoms with van der Waals surface area (Å²) in [5, 5.41) is 0. The van der Waals surface area contributed by atoms with Gasteiger partial charge in [-0.2, -0.15) is 0 Å². The Balaban J connectivity index is 2.20. The number of aromatic nitrogens is 1. The molecule has 0 radical (unpaired) electrons. The molecule has 0 amide bonds. The van der Waals surface area contributed by atoms with E-state index in [9.17, 15) is 8.42 Å². The maximum Gasteiger partial charge on any atom is 0.262 e. The van der Waals surface area contributed by atoms with Crippen LogP contribution in [0.25, 0.3) is 0 Å². The predicted octanol–water partition coefficient (Wildman–Crippen LogP) is 2.12. The summed E-state index contributed by atoms with van der Waals surface area (Å²) in [5.74, 6) is 5.52. The molecule has 1 aromatic heterocycles. The Bertz CT molecular complexity index is 699. The zero-order valence-electron chi connectivity index (χ0n) is 11.7. The Morgan fingerprint density at radius 3 is 2.52 bits per heavy atom. The highest BCUT2D eigenvalue weighted by atomic mass is 32.2. The fraction of sp³-hybridized carbons (Fsp3) is 0.214. The smallest absolute Gasteiger partial charge is 0.262 e. The number of rotatable bonds is 6. The first kappa shape index (κ1) is 15.3. The number of nitrogens with two attached hydrogens (primary N) is 1. The average Bonchev–Trinajstić information content (AvgIpc) is 2.49. The largest absolute Gasteiger partial charge is 0.308 e. The molecule has 0 bridgehead atoms. The van der Waals surface area contributed by atoms with Crippen LogP contribution >= 0.6 is 0 Å². The minimum Gasteiger partial charge on any atom is -0.308 e. The average molecular weight is 306 g/mol. The maximum atomic E-state index is 12.3. The van der Waals surface area contributed by atoms with Gasteiger partial charge in [0.1, 0.15) is 5.82 Å². The topological polar surface area (TPSA) is 97.1 Å². The molecule has 0 aliphatic heterocycles. The molecule has 0 saturated heterocycles. The van der Waals surface area contributed by atoms with Crippen molar-refractivity contribution < 1.29 is 8.42 Å². The van der Waals surface area contributed by atoms with Crippen molar-refractivity contribution in [2.45, 2.75) is 24.7 Å². The second kappa shape index (κ2) is 6.55. The van der Waals surface area contributed by atoms with E-state index >= 15 is 0 Å². The third-order valence-corrected chi connectivity index (χ3v) is 4.31. The van der Waals surface area contributed by atoms with Crippen LogP contribution in [0.1, 0.15) is 18.9 Å². The lowest BCUT2D eigenvalue weighted by Gasteiger charge is -2.09. The van der Waals surface area contributed by atoms with Crippen molar-refractivity contribution in [3.8, 4) is 0 Å². The van der Waals surface area contributed by atoms with Gasteiger partial charge in [-0.1, -0.05) is 25.5 Å². The second-order valence-electron chi connectivity index (χ2n) is 4.57. The number of aryl methyl sites for hydroxylation is 1. The fourth-order valence-corrected chi connectivity index (χ4v) is 2.97. The molecule has 0 aliphatic carbocycles. The predicted molar refractivity (Wildman–Crippen MR) is 83.3 cm³/mol. The summed E-state index contributed by atoms with van der Waals surface area (Å²) in [4.78, 5) is 3.98. The zero-order valence-corrected chi connectivity index (χ0v) is 12.5. The highest BCUT2D eigenvalue weighted by Gasteiger charge is 2.14. The number of hydrogen-bond donors (Lipinski definition) is 3. The minimum atomic E-state index is -3.66. The summed E-state index contributed by atoms with van der Waals surface area (Å²) < 4.78 is 27.1. The normalized spacial score (nSPS) is 11.1. The molecule has 2 aromatic rings. The number of pyridine rings is 1. The number of anilines is 2. The van der Waals surface area contributed by atoms with Crippen LogP contribution < -0.4 is 16.0 Å². The highest BCUT2D eigenvalue weighted by Crippen LogP contribution is 2.18. The third-order valence-electron chi connectivity index (χ3n) is 2.93. The Labute approximate surface area is 124 Å². The molecule has 0 atom stereocenters. The van der Waals surface area contributed by atoms with Gasteiger partial charge in [0.2, 0.25) is 0 Å². The fourth-order valence-electron chi connectivity index (χ4n) is 1.90. The van der Waals surface area contributed by atoms with Crippen LogP contribution in [-0.2, 0) is 16.4 Å². The molecule has 112 valence electrons. The van der Waals surface area contributed by atoms with Gasteiger partial charge in [0.05, 0.1) is 4.90 Å². The van der Waals surface area contributed by atoms with E-state index in [4.69, 9.17) is 5.84 Å². The number of benzene rings is 1. The highest BCUT2D eigenvalue weighted by molar-refractivity contribution is 7.92. The van der Waals surface area contributed by atoms with Crippen LogP contribution in [0, 0.1) is 0 Å². The molecule has 0 aliphatic rings. The summed E-state index contributed by atoms with van der Waals surface area (Å²) in [7, 11) is -3.66. The zero-order chi connectivity index (χ0) is 15.3. The van der Waals surface area contributed by atoms with Crippen LogP contribution in [0.3, 0.4) is 0 Å². The van der Waals surface area contributed by atoms with Crippen molar-refractivity contribution in [3.05, 3.63) is 48.2 Å². The Morgan fingerprint density at radius 2 is 1.90 bits per heavy atom. The van der Waals surface area contributed by atoms with Gasteiger partial charge in [0, 0.05) is 18.0 Å². The van der Waals surface area contributed by atoms with Gasteiger partial charge in [0.15, 0.2) is 0 Å². The SMILES string of the molecule is CCCc1ccc(NS(=O)(=O)c2ccnc(NN)c2)cc1. The van der Waals surface area contributed by atoms with Crippen LogP contribution in [0.5, 0.6) is 0 Å². The summed E-state index contributed by atoms with van der Waals surface area (Å²) in [6, 6.07) is 10.1. The molecule has 0 fully saturated rings. The Hall–Kier alpha value is -2.12. The first-order valence-electron chi connectivity index (χ1n) is 6.59. The van der Waals surface area contributed by atoms with Crippen molar-refractivity contribution in [3.63, 3.8) is 0 Å². The maximum absolute atomic E-state index is 12.3. The van der Waals surface area contributed by atoms with Crippen LogP contribution in [-0.4, -0.2) is 13.4 Å². The second-order valence-corrected chi connectivity index (χ2v) is 6.26. The molecule has 1 heterocycles. The van der Waals surface area contributed by atoms with Gasteiger partial charge >= 0.3 is 0 Å². The van der Waals surface area contributed by atoms with Gasteiger partial charge in [0.25, 0.3) is 10.0 Å². The van der Waals surface area contributed by atoms with E-state index in [0.29, 0.717) is 5.69 Å². The van der Waals surface area contributed by atoms with Gasteiger partial charge in [-0.15, -0.1) is 0 Å². The van der Waals surface area contributed by atoms with Crippen molar-refractivity contribution >= 4 is 21.5 Å². The van der Waals surface area contributed by atoms with Gasteiger partial charge in [-0.05, 0) is 30.2 Å². The molecule has 21 heavy (non-hydrogen) atoms. The van der Waals surface area contributed by atoms with E-state index in [1.54, 1.807) is 12.1 Å². The van der Waals surface area contributed by atoms with Gasteiger partial charge in [-0.3, -0.25) is 4.72 Å². The van der Waals surface area contributed by atoms with E-state index < -0.39 is 10.0 Å². The van der Waals surface area contributed by atoms with Gasteiger partial charge < -0.3 is 5.43 Å². The van der Waals surface area contributed by atoms with Crippen molar-refractivity contribution in [1.82, 2.24) is 4.98 Å². The lowest BCUT2D eigenvalue weighted by molar-refractivity contribution is 0.601. The van der Waals surface area contributed by atoms with Crippen molar-refractivity contribution in [2.24, 2.45) is 5.84 Å². The lowest BCUT2D eigenvalue weighted by atomic mass is 10.1. The van der Waals surface area contributed by atoms with Crippen molar-refractivity contribution in [2.75, 3.05) is 10.1 Å². The number of nitrogens with zero attached hydrogens (tertiary/aromatic N) is 1. The Kier molecular flexibility index (Phi) is 4.77. The summed E-state index contributed by atoms with van der Waals surface area (Å²) in [6.45, 7) is 2.10. The number of sulfonamides is 1. The van der Waals surface area contributed by atoms with Crippen molar-refractivity contribution in [1.29, 1.82) is 0 Å². The molecule has 1 aromatic carbocycles. The molecule has 0 saturated carbocycles. The van der Waals surface area contributed by atoms with Gasteiger partial charge in [-0.25, -0.2) is 19.2 Å². The van der Waals surface area contributed by atoms with E-state index in [2.05, 4.69) is 22.1 Å². The van der Waals surface area contributed by atoms with Crippen LogP contribution in [0.2, 0.25) is 0 Å². The molecule has 6 nitrogen and oxygen atoms in total. The monoisotopic (exact) mass is 306 g/mol. The van der Waals surface area contributed by atoms with Crippen LogP contribution in [0.4, 0.5) is 11.5 Å². The summed E-state index contributed by atoms with van der Waals surface area (Å²) in [6.07, 6.45) is 3.41. The number of nitrogen functional groups attached to an aromatic ring is 1. The minimum absolute atomic E-state index is 0.100. The molecule has 2 rings (SSSR count). The van der Waals surface area contributed by atoms with Crippen LogP contribution in [0.15, 0.2) is 47.5 Å². The third kappa shape index (κ3) is 3.93. The first-order valence-corrected chi connectivity index (χ1v) is 8.08. The number of hydrogen-bond acceptors (Lipinski definition) is 5. The lowest BCUT2D eigenvalue weighted by Crippen LogP contribution is -2.14. The molecule has 4 N–H and O–H groups in total. The van der Waals surface area contributed by atoms with E-state index in [0.717, 1.165) is 12.8 Å². The number of nitrogens with one attached hydrogen (secondary N) is 2. The molecule has 0 unspecified atom stereocenters. The molecular formula is C14H18N4O2S. The molecule has 0 spiro atoms. The van der Waals surface area contributed by atoms with E-state index in [1.807, 2.05) is 12.1 Å². The standard InChI is InChI=1S/C14H18N4O2S/c1-2-3-11-4-6-12(7-5-11)18-21(19,20)13-8-9-16-14(10-13)17-15/h4-10,18H,2-3,15H2,1H3,(H,16,17). The Morgan fingerprint density at radius 1 is 1.19 bits per heavy atom. The first-order chi connectivity index (χ1) is 10.0. The quantitative estimate of drug-likeness (QED) is 0.561.